The first-order valence-electron chi connectivity index (χ1n) is 7.59. The van der Waals surface area contributed by atoms with E-state index in [2.05, 4.69) is 23.1 Å². The van der Waals surface area contributed by atoms with Crippen molar-refractivity contribution in [2.45, 2.75) is 25.8 Å². The van der Waals surface area contributed by atoms with E-state index in [1.165, 1.54) is 12.0 Å². The third-order valence-corrected chi connectivity index (χ3v) is 4.61. The van der Waals surface area contributed by atoms with Crippen LogP contribution in [-0.4, -0.2) is 58.0 Å². The Morgan fingerprint density at radius 2 is 2.33 bits per heavy atom. The molecule has 1 aliphatic rings. The maximum Gasteiger partial charge on any atom is 0.237 e. The highest BCUT2D eigenvalue weighted by atomic mass is 35.5. The first kappa shape index (κ1) is 16.3. The van der Waals surface area contributed by atoms with Crippen LogP contribution in [0.4, 0.5) is 0 Å². The zero-order valence-corrected chi connectivity index (χ0v) is 13.9. The lowest BCUT2D eigenvalue weighted by atomic mass is 9.85. The Morgan fingerprint density at radius 1 is 1.57 bits per heavy atom. The van der Waals surface area contributed by atoms with Gasteiger partial charge in [-0.05, 0) is 31.8 Å². The first-order chi connectivity index (χ1) is 10.1. The van der Waals surface area contributed by atoms with E-state index in [0.29, 0.717) is 12.0 Å². The topological polar surface area (TPSA) is 41.4 Å². The Hall–Kier alpha value is -1.07. The van der Waals surface area contributed by atoms with E-state index in [9.17, 15) is 4.79 Å². The molecule has 2 unspecified atom stereocenters. The Balaban J connectivity index is 2.18. The number of aromatic nitrogens is 2. The number of alkyl halides is 1. The van der Waals surface area contributed by atoms with E-state index in [1.807, 2.05) is 25.0 Å². The number of hydrogen-bond acceptors (Lipinski definition) is 3. The molecule has 0 bridgehead atoms. The van der Waals surface area contributed by atoms with Gasteiger partial charge in [-0.1, -0.05) is 6.92 Å². The molecule has 5 nitrogen and oxygen atoms in total. The molecular formula is C15H25ClN4O. The van der Waals surface area contributed by atoms with E-state index in [0.717, 1.165) is 26.1 Å². The van der Waals surface area contributed by atoms with E-state index in [4.69, 9.17) is 11.6 Å². The van der Waals surface area contributed by atoms with Gasteiger partial charge in [0.1, 0.15) is 5.88 Å². The molecule has 2 rings (SSSR count). The van der Waals surface area contributed by atoms with Gasteiger partial charge in [0.05, 0.1) is 6.20 Å². The van der Waals surface area contributed by atoms with E-state index in [1.54, 1.807) is 4.90 Å². The summed E-state index contributed by atoms with van der Waals surface area (Å²) in [5.74, 6) is 0.480. The molecule has 2 heterocycles. The summed E-state index contributed by atoms with van der Waals surface area (Å²) in [7, 11) is 3.79. The van der Waals surface area contributed by atoms with Crippen LogP contribution >= 0.6 is 11.6 Å². The zero-order chi connectivity index (χ0) is 15.4. The van der Waals surface area contributed by atoms with Crippen molar-refractivity contribution in [1.82, 2.24) is 19.6 Å². The second kappa shape index (κ2) is 7.27. The lowest BCUT2D eigenvalue weighted by molar-refractivity contribution is -0.128. The summed E-state index contributed by atoms with van der Waals surface area (Å²) >= 11 is 5.66. The van der Waals surface area contributed by atoms with E-state index in [-0.39, 0.29) is 11.8 Å². The molecule has 118 valence electrons. The Labute approximate surface area is 131 Å². The smallest absolute Gasteiger partial charge is 0.237 e. The van der Waals surface area contributed by atoms with Crippen molar-refractivity contribution in [2.24, 2.45) is 13.0 Å². The Morgan fingerprint density at radius 3 is 2.90 bits per heavy atom. The number of carbonyl (C=O) groups is 1. The number of hydrogen-bond donors (Lipinski definition) is 0. The van der Waals surface area contributed by atoms with Crippen LogP contribution in [0, 0.1) is 5.92 Å². The van der Waals surface area contributed by atoms with Gasteiger partial charge >= 0.3 is 0 Å². The van der Waals surface area contributed by atoms with Crippen LogP contribution in [0.5, 0.6) is 0 Å². The van der Waals surface area contributed by atoms with Crippen molar-refractivity contribution in [1.29, 1.82) is 0 Å². The zero-order valence-electron chi connectivity index (χ0n) is 13.1. The number of halogens is 1. The number of amides is 1. The number of aryl methyl sites for hydroxylation is 1. The number of carbonyl (C=O) groups excluding carboxylic acids is 1. The normalized spacial score (nSPS) is 23.2. The van der Waals surface area contributed by atoms with Gasteiger partial charge in [-0.2, -0.15) is 5.10 Å². The van der Waals surface area contributed by atoms with Crippen molar-refractivity contribution < 1.29 is 4.79 Å². The van der Waals surface area contributed by atoms with Crippen LogP contribution < -0.4 is 0 Å². The van der Waals surface area contributed by atoms with Crippen LogP contribution in [0.15, 0.2) is 12.4 Å². The van der Waals surface area contributed by atoms with Crippen LogP contribution in [-0.2, 0) is 11.8 Å². The quantitative estimate of drug-likeness (QED) is 0.780. The predicted octanol–water partition coefficient (Wildman–Crippen LogP) is 1.89. The average Bonchev–Trinajstić information content (AvgIpc) is 2.92. The summed E-state index contributed by atoms with van der Waals surface area (Å²) in [4.78, 5) is 16.0. The van der Waals surface area contributed by atoms with Crippen molar-refractivity contribution in [2.75, 3.05) is 32.6 Å². The van der Waals surface area contributed by atoms with Crippen LogP contribution in [0.1, 0.15) is 31.4 Å². The molecule has 1 amide bonds. The van der Waals surface area contributed by atoms with Gasteiger partial charge in [-0.3, -0.25) is 14.4 Å². The number of rotatable bonds is 5. The lowest BCUT2D eigenvalue weighted by Gasteiger charge is -2.42. The largest absolute Gasteiger partial charge is 0.344 e. The summed E-state index contributed by atoms with van der Waals surface area (Å²) in [6, 6.07) is 0.336. The maximum absolute atomic E-state index is 11.7. The molecule has 2 atom stereocenters. The molecule has 0 radical (unpaired) electrons. The van der Waals surface area contributed by atoms with Gasteiger partial charge in [0, 0.05) is 38.4 Å². The van der Waals surface area contributed by atoms with Gasteiger partial charge in [-0.25, -0.2) is 0 Å². The number of likely N-dealkylation sites (tertiary alicyclic amines) is 1. The molecule has 0 spiro atoms. The van der Waals surface area contributed by atoms with Crippen molar-refractivity contribution >= 4 is 17.5 Å². The van der Waals surface area contributed by atoms with Crippen LogP contribution in [0.25, 0.3) is 0 Å². The highest BCUT2D eigenvalue weighted by molar-refractivity contribution is 6.27. The first-order valence-corrected chi connectivity index (χ1v) is 8.12. The summed E-state index contributed by atoms with van der Waals surface area (Å²) in [6.45, 7) is 5.07. The third kappa shape index (κ3) is 3.77. The van der Waals surface area contributed by atoms with Crippen LogP contribution in [0.2, 0.25) is 0 Å². The minimum absolute atomic E-state index is 0.00442. The number of piperidine rings is 1. The van der Waals surface area contributed by atoms with Crippen LogP contribution in [0.3, 0.4) is 0 Å². The minimum atomic E-state index is -0.00442. The fourth-order valence-corrected chi connectivity index (χ4v) is 3.53. The summed E-state index contributed by atoms with van der Waals surface area (Å²) < 4.78 is 1.85. The SMILES string of the molecule is CCN1CCCC(CN(C)C(=O)CCl)C1c1cnn(C)c1. The molecule has 1 fully saturated rings. The molecule has 0 aliphatic carbocycles. The Kier molecular flexibility index (Phi) is 5.65. The van der Waals surface area contributed by atoms with E-state index >= 15 is 0 Å². The van der Waals surface area contributed by atoms with Gasteiger partial charge in [0.15, 0.2) is 0 Å². The second-order valence-corrected chi connectivity index (χ2v) is 6.10. The monoisotopic (exact) mass is 312 g/mol. The van der Waals surface area contributed by atoms with Gasteiger partial charge in [-0.15, -0.1) is 11.6 Å². The molecule has 0 N–H and O–H groups in total. The van der Waals surface area contributed by atoms with E-state index < -0.39 is 0 Å². The molecule has 0 aromatic carbocycles. The van der Waals surface area contributed by atoms with Gasteiger partial charge in [0.25, 0.3) is 0 Å². The molecule has 1 saturated heterocycles. The van der Waals surface area contributed by atoms with Gasteiger partial charge < -0.3 is 4.90 Å². The predicted molar refractivity (Wildman–Crippen MR) is 84.3 cm³/mol. The molecule has 1 aromatic rings. The molecule has 0 saturated carbocycles. The molecule has 1 aromatic heterocycles. The molecule has 21 heavy (non-hydrogen) atoms. The highest BCUT2D eigenvalue weighted by Crippen LogP contribution is 2.36. The van der Waals surface area contributed by atoms with Crippen molar-refractivity contribution in [3.8, 4) is 0 Å². The highest BCUT2D eigenvalue weighted by Gasteiger charge is 2.33. The summed E-state index contributed by atoms with van der Waals surface area (Å²) in [5.41, 5.74) is 1.25. The summed E-state index contributed by atoms with van der Waals surface area (Å²) in [6.07, 6.45) is 6.36. The van der Waals surface area contributed by atoms with Gasteiger partial charge in [0.2, 0.25) is 5.91 Å². The molecule has 1 aliphatic heterocycles. The summed E-state index contributed by atoms with van der Waals surface area (Å²) in [5, 5.41) is 4.31. The average molecular weight is 313 g/mol. The molecule has 6 heteroatoms. The lowest BCUT2D eigenvalue weighted by Crippen LogP contribution is -2.44. The van der Waals surface area contributed by atoms with Crippen molar-refractivity contribution in [3.63, 3.8) is 0 Å². The molecular weight excluding hydrogens is 288 g/mol. The second-order valence-electron chi connectivity index (χ2n) is 5.83. The third-order valence-electron chi connectivity index (χ3n) is 4.38. The fourth-order valence-electron chi connectivity index (χ4n) is 3.33. The minimum Gasteiger partial charge on any atom is -0.344 e. The Bertz CT molecular complexity index is 476. The van der Waals surface area contributed by atoms with Crippen molar-refractivity contribution in [3.05, 3.63) is 18.0 Å². The maximum atomic E-state index is 11.7. The fraction of sp³-hybridized carbons (Fsp3) is 0.733. The number of nitrogens with zero attached hydrogens (tertiary/aromatic N) is 4. The standard InChI is InChI=1S/C15H25ClN4O/c1-4-20-7-5-6-12(10-18(2)14(21)8-16)15(20)13-9-17-19(3)11-13/h9,11-12,15H,4-8,10H2,1-3H3.